The summed E-state index contributed by atoms with van der Waals surface area (Å²) in [6, 6.07) is 0. The van der Waals surface area contributed by atoms with E-state index >= 15 is 0 Å². The van der Waals surface area contributed by atoms with E-state index in [1.165, 1.54) is 37.7 Å². The van der Waals surface area contributed by atoms with Crippen LogP contribution >= 0.6 is 0 Å². The van der Waals surface area contributed by atoms with Gasteiger partial charge in [0.15, 0.2) is 0 Å². The van der Waals surface area contributed by atoms with E-state index in [1.54, 1.807) is 5.57 Å². The molecular formula is C20H32. The van der Waals surface area contributed by atoms with Gasteiger partial charge in [0.1, 0.15) is 0 Å². The second-order valence-electron chi connectivity index (χ2n) is 7.74. The molecule has 112 valence electrons. The minimum absolute atomic E-state index is 0.440. The fourth-order valence-corrected chi connectivity index (χ4v) is 4.86. The minimum Gasteiger partial charge on any atom is -0.0988 e. The summed E-state index contributed by atoms with van der Waals surface area (Å²) in [6.07, 6.45) is 12.2. The Morgan fingerprint density at radius 3 is 2.75 bits per heavy atom. The number of hydrogen-bond acceptors (Lipinski definition) is 0. The third kappa shape index (κ3) is 2.43. The molecule has 0 heteroatoms. The van der Waals surface area contributed by atoms with E-state index in [0.717, 1.165) is 18.3 Å². The molecule has 0 aliphatic heterocycles. The molecule has 0 heterocycles. The summed E-state index contributed by atoms with van der Waals surface area (Å²) in [5, 5.41) is 0. The molecule has 0 spiro atoms. The van der Waals surface area contributed by atoms with Gasteiger partial charge in [0.25, 0.3) is 0 Å². The van der Waals surface area contributed by atoms with Gasteiger partial charge in [-0.15, -0.1) is 0 Å². The van der Waals surface area contributed by atoms with Crippen molar-refractivity contribution in [3.63, 3.8) is 0 Å². The van der Waals surface area contributed by atoms with Crippen LogP contribution < -0.4 is 0 Å². The first-order chi connectivity index (χ1) is 9.34. The second kappa shape index (κ2) is 5.54. The topological polar surface area (TPSA) is 0 Å². The summed E-state index contributed by atoms with van der Waals surface area (Å²) >= 11 is 0. The second-order valence-corrected chi connectivity index (χ2v) is 7.74. The molecule has 0 N–H and O–H groups in total. The lowest BCUT2D eigenvalue weighted by molar-refractivity contribution is -0.0465. The standard InChI is InChI=1S/C20H32/c1-7-15(2)11-13-19(5)17(4)12-14-20(6)16(3)9-8-10-18(19)20/h7,9,17-18H,1-2,8,10-14H2,3-6H3/t17-,18-,19+,20+/m0/s1. The smallest absolute Gasteiger partial charge is 0.00854 e. The Bertz CT molecular complexity index is 427. The van der Waals surface area contributed by atoms with Crippen molar-refractivity contribution in [2.75, 3.05) is 0 Å². The molecule has 20 heavy (non-hydrogen) atoms. The average Bonchev–Trinajstić information content (AvgIpc) is 2.43. The molecule has 0 radical (unpaired) electrons. The van der Waals surface area contributed by atoms with Crippen molar-refractivity contribution in [2.24, 2.45) is 22.7 Å². The van der Waals surface area contributed by atoms with Gasteiger partial charge in [-0.25, -0.2) is 0 Å². The lowest BCUT2D eigenvalue weighted by Crippen LogP contribution is -2.49. The molecule has 1 saturated carbocycles. The SMILES string of the molecule is C=CC(=C)CC[C@]1(C)[C@@H](C)CC[C@]2(C)C(C)=CCC[C@@H]12. The molecule has 0 aromatic heterocycles. The highest BCUT2D eigenvalue weighted by atomic mass is 14.6. The molecule has 2 aliphatic carbocycles. The first-order valence-electron chi connectivity index (χ1n) is 8.32. The highest BCUT2D eigenvalue weighted by Gasteiger charge is 2.52. The number of rotatable bonds is 4. The number of fused-ring (bicyclic) bond motifs is 1. The molecule has 2 rings (SSSR count). The molecular weight excluding hydrogens is 240 g/mol. The zero-order valence-corrected chi connectivity index (χ0v) is 14.0. The van der Waals surface area contributed by atoms with Gasteiger partial charge in [-0.2, -0.15) is 0 Å². The van der Waals surface area contributed by atoms with Crippen LogP contribution in [0, 0.1) is 22.7 Å². The Morgan fingerprint density at radius 1 is 1.40 bits per heavy atom. The maximum absolute atomic E-state index is 4.12. The average molecular weight is 272 g/mol. The molecule has 4 atom stereocenters. The first-order valence-corrected chi connectivity index (χ1v) is 8.32. The van der Waals surface area contributed by atoms with E-state index in [4.69, 9.17) is 0 Å². The van der Waals surface area contributed by atoms with Crippen LogP contribution in [0.2, 0.25) is 0 Å². The van der Waals surface area contributed by atoms with Crippen molar-refractivity contribution in [1.29, 1.82) is 0 Å². The summed E-state index contributed by atoms with van der Waals surface area (Å²) in [7, 11) is 0. The van der Waals surface area contributed by atoms with Crippen molar-refractivity contribution in [3.8, 4) is 0 Å². The van der Waals surface area contributed by atoms with E-state index in [0.29, 0.717) is 10.8 Å². The van der Waals surface area contributed by atoms with Crippen LogP contribution in [0.3, 0.4) is 0 Å². The Labute approximate surface area is 126 Å². The summed E-state index contributed by atoms with van der Waals surface area (Å²) in [5.41, 5.74) is 3.74. The normalized spacial score (nSPS) is 40.7. The lowest BCUT2D eigenvalue weighted by Gasteiger charge is -2.58. The Hall–Kier alpha value is -0.780. The number of allylic oxidation sites excluding steroid dienone is 4. The van der Waals surface area contributed by atoms with Crippen molar-refractivity contribution in [1.82, 2.24) is 0 Å². The van der Waals surface area contributed by atoms with Crippen LogP contribution in [0.4, 0.5) is 0 Å². The Morgan fingerprint density at radius 2 is 2.10 bits per heavy atom. The highest BCUT2D eigenvalue weighted by molar-refractivity contribution is 5.21. The first kappa shape index (κ1) is 15.6. The largest absolute Gasteiger partial charge is 0.0988 e. The van der Waals surface area contributed by atoms with E-state index in [9.17, 15) is 0 Å². The van der Waals surface area contributed by atoms with Crippen molar-refractivity contribution in [2.45, 2.75) is 66.2 Å². The van der Waals surface area contributed by atoms with E-state index < -0.39 is 0 Å². The third-order valence-corrected chi connectivity index (χ3v) is 6.87. The van der Waals surface area contributed by atoms with Gasteiger partial charge in [0, 0.05) is 0 Å². The van der Waals surface area contributed by atoms with Gasteiger partial charge >= 0.3 is 0 Å². The maximum atomic E-state index is 4.12. The van der Waals surface area contributed by atoms with Crippen LogP contribution in [-0.4, -0.2) is 0 Å². The molecule has 0 nitrogen and oxygen atoms in total. The maximum Gasteiger partial charge on any atom is -0.00854 e. The van der Waals surface area contributed by atoms with Crippen LogP contribution in [0.25, 0.3) is 0 Å². The van der Waals surface area contributed by atoms with Gasteiger partial charge in [0.2, 0.25) is 0 Å². The van der Waals surface area contributed by atoms with Gasteiger partial charge in [-0.3, -0.25) is 0 Å². The zero-order valence-electron chi connectivity index (χ0n) is 14.0. The fourth-order valence-electron chi connectivity index (χ4n) is 4.86. The third-order valence-electron chi connectivity index (χ3n) is 6.87. The van der Waals surface area contributed by atoms with Gasteiger partial charge in [0.05, 0.1) is 0 Å². The van der Waals surface area contributed by atoms with Crippen molar-refractivity contribution in [3.05, 3.63) is 36.5 Å². The molecule has 2 aliphatic rings. The molecule has 0 aromatic rings. The predicted molar refractivity (Wildman–Crippen MR) is 89.7 cm³/mol. The van der Waals surface area contributed by atoms with Crippen molar-refractivity contribution >= 4 is 0 Å². The molecule has 0 amide bonds. The molecule has 0 saturated heterocycles. The summed E-state index contributed by atoms with van der Waals surface area (Å²) in [4.78, 5) is 0. The Balaban J connectivity index is 2.27. The van der Waals surface area contributed by atoms with E-state index in [2.05, 4.69) is 46.9 Å². The monoisotopic (exact) mass is 272 g/mol. The molecule has 0 bridgehead atoms. The van der Waals surface area contributed by atoms with Crippen LogP contribution in [0.15, 0.2) is 36.5 Å². The van der Waals surface area contributed by atoms with Crippen molar-refractivity contribution < 1.29 is 0 Å². The van der Waals surface area contributed by atoms with Crippen LogP contribution in [0.1, 0.15) is 66.2 Å². The summed E-state index contributed by atoms with van der Waals surface area (Å²) in [5.74, 6) is 1.66. The van der Waals surface area contributed by atoms with Crippen LogP contribution in [0.5, 0.6) is 0 Å². The lowest BCUT2D eigenvalue weighted by atomic mass is 9.47. The predicted octanol–water partition coefficient (Wildman–Crippen LogP) is 6.31. The summed E-state index contributed by atoms with van der Waals surface area (Å²) in [6.45, 7) is 17.9. The number of hydrogen-bond donors (Lipinski definition) is 0. The quantitative estimate of drug-likeness (QED) is 0.415. The summed E-state index contributed by atoms with van der Waals surface area (Å²) < 4.78 is 0. The zero-order chi connectivity index (χ0) is 15.0. The molecule has 0 unspecified atom stereocenters. The molecule has 0 aromatic carbocycles. The van der Waals surface area contributed by atoms with E-state index in [1.807, 2.05) is 6.08 Å². The highest BCUT2D eigenvalue weighted by Crippen LogP contribution is 2.61. The van der Waals surface area contributed by atoms with E-state index in [-0.39, 0.29) is 0 Å². The van der Waals surface area contributed by atoms with Gasteiger partial charge in [-0.1, -0.05) is 57.2 Å². The van der Waals surface area contributed by atoms with Gasteiger partial charge < -0.3 is 0 Å². The molecule has 1 fully saturated rings. The fraction of sp³-hybridized carbons (Fsp3) is 0.700. The van der Waals surface area contributed by atoms with Crippen LogP contribution in [-0.2, 0) is 0 Å². The Kier molecular flexibility index (Phi) is 4.33. The van der Waals surface area contributed by atoms with Gasteiger partial charge in [-0.05, 0) is 68.1 Å². The minimum atomic E-state index is 0.440.